The summed E-state index contributed by atoms with van der Waals surface area (Å²) in [5.74, 6) is 0.705. The lowest BCUT2D eigenvalue weighted by atomic mass is 10.0. The topological polar surface area (TPSA) is 95.0 Å². The van der Waals surface area contributed by atoms with Gasteiger partial charge in [0.25, 0.3) is 0 Å². The Bertz CT molecular complexity index is 1350. The van der Waals surface area contributed by atoms with Gasteiger partial charge in [-0.05, 0) is 35.4 Å². The number of aromatic nitrogens is 1. The summed E-state index contributed by atoms with van der Waals surface area (Å²) in [7, 11) is -0.881. The first kappa shape index (κ1) is 27.5. The lowest BCUT2D eigenvalue weighted by Gasteiger charge is -2.26. The van der Waals surface area contributed by atoms with Crippen LogP contribution in [0.25, 0.3) is 0 Å². The van der Waals surface area contributed by atoms with Crippen molar-refractivity contribution in [1.29, 1.82) is 0 Å². The first-order valence-corrected chi connectivity index (χ1v) is 14.4. The Hall–Kier alpha value is -2.50. The molecule has 12 heteroatoms. The average molecular weight is 584 g/mol. The minimum absolute atomic E-state index is 0.113. The zero-order chi connectivity index (χ0) is 26.6. The van der Waals surface area contributed by atoms with E-state index in [4.69, 9.17) is 37.4 Å². The lowest BCUT2D eigenvalue weighted by Crippen LogP contribution is -2.40. The number of carbonyl (C=O) groups is 1. The number of esters is 1. The normalized spacial score (nSPS) is 16.8. The number of hydrogen-bond acceptors (Lipinski definition) is 8. The molecule has 0 aliphatic carbocycles. The summed E-state index contributed by atoms with van der Waals surface area (Å²) in [6.45, 7) is 0.185. The van der Waals surface area contributed by atoms with Crippen molar-refractivity contribution in [3.05, 3.63) is 82.1 Å². The van der Waals surface area contributed by atoms with Crippen molar-refractivity contribution in [2.75, 3.05) is 26.5 Å². The monoisotopic (exact) mass is 582 g/mol. The van der Waals surface area contributed by atoms with Crippen LogP contribution in [0.15, 0.2) is 65.8 Å². The van der Waals surface area contributed by atoms with Crippen molar-refractivity contribution in [3.63, 3.8) is 0 Å². The molecule has 0 radical (unpaired) electrons. The molecule has 1 aliphatic rings. The van der Waals surface area contributed by atoms with E-state index in [-0.39, 0.29) is 17.9 Å². The van der Waals surface area contributed by atoms with E-state index in [0.717, 1.165) is 0 Å². The van der Waals surface area contributed by atoms with Gasteiger partial charge in [-0.25, -0.2) is 13.2 Å². The Balaban J connectivity index is 1.66. The van der Waals surface area contributed by atoms with Crippen LogP contribution < -0.4 is 9.47 Å². The maximum absolute atomic E-state index is 13.5. The predicted molar refractivity (Wildman–Crippen MR) is 143 cm³/mol. The molecule has 2 heterocycles. The van der Waals surface area contributed by atoms with Gasteiger partial charge < -0.3 is 14.2 Å². The molecule has 4 rings (SSSR count). The van der Waals surface area contributed by atoms with Gasteiger partial charge in [0.1, 0.15) is 6.10 Å². The molecule has 1 fully saturated rings. The first-order chi connectivity index (χ1) is 17.8. The summed E-state index contributed by atoms with van der Waals surface area (Å²) in [5, 5.41) is -0.411. The number of carbonyl (C=O) groups excluding carboxylic acids is 1. The average Bonchev–Trinajstić information content (AvgIpc) is 3.41. The van der Waals surface area contributed by atoms with Crippen molar-refractivity contribution < 1.29 is 27.4 Å². The molecule has 37 heavy (non-hydrogen) atoms. The fourth-order valence-corrected chi connectivity index (χ4v) is 7.50. The summed E-state index contributed by atoms with van der Waals surface area (Å²) >= 11 is 13.9. The zero-order valence-corrected chi connectivity index (χ0v) is 23.1. The largest absolute Gasteiger partial charge is 0.493 e. The summed E-state index contributed by atoms with van der Waals surface area (Å²) in [5.41, 5.74) is 1.13. The Morgan fingerprint density at radius 2 is 1.76 bits per heavy atom. The SMILES string of the molecule is COc1ccc(C(Cc2c(Cl)cncc2Cl)OC(=O)C2SCCN2S(=O)(=O)c2ccccc2)cc1OC. The quantitative estimate of drug-likeness (QED) is 0.325. The molecule has 8 nitrogen and oxygen atoms in total. The van der Waals surface area contributed by atoms with Gasteiger partial charge in [-0.3, -0.25) is 4.98 Å². The number of pyridine rings is 1. The molecule has 0 N–H and O–H groups in total. The number of rotatable bonds is 9. The molecule has 3 aromatic rings. The third-order valence-electron chi connectivity index (χ3n) is 5.78. The van der Waals surface area contributed by atoms with Crippen LogP contribution in [-0.4, -0.2) is 55.6 Å². The minimum Gasteiger partial charge on any atom is -0.493 e. The highest BCUT2D eigenvalue weighted by Crippen LogP contribution is 2.37. The van der Waals surface area contributed by atoms with E-state index in [0.29, 0.717) is 38.4 Å². The van der Waals surface area contributed by atoms with E-state index in [1.165, 1.54) is 54.8 Å². The van der Waals surface area contributed by atoms with Crippen LogP contribution in [0.4, 0.5) is 0 Å². The number of hydrogen-bond donors (Lipinski definition) is 0. The van der Waals surface area contributed by atoms with Crippen molar-refractivity contribution in [3.8, 4) is 11.5 Å². The van der Waals surface area contributed by atoms with Crippen molar-refractivity contribution >= 4 is 51.0 Å². The third-order valence-corrected chi connectivity index (χ3v) is 9.62. The highest BCUT2D eigenvalue weighted by molar-refractivity contribution is 8.02. The van der Waals surface area contributed by atoms with Crippen LogP contribution in [-0.2, 0) is 26.0 Å². The van der Waals surface area contributed by atoms with Crippen molar-refractivity contribution in [2.24, 2.45) is 0 Å². The van der Waals surface area contributed by atoms with Gasteiger partial charge in [0.05, 0.1) is 29.2 Å². The number of ether oxygens (including phenoxy) is 3. The summed E-state index contributed by atoms with van der Waals surface area (Å²) in [4.78, 5) is 17.6. The molecule has 0 bridgehead atoms. The first-order valence-electron chi connectivity index (χ1n) is 11.1. The molecule has 2 atom stereocenters. The second-order valence-corrected chi connectivity index (χ2v) is 11.9. The molecular weight excluding hydrogens is 559 g/mol. The van der Waals surface area contributed by atoms with E-state index in [9.17, 15) is 13.2 Å². The van der Waals surface area contributed by atoms with Gasteiger partial charge in [-0.2, -0.15) is 4.31 Å². The smallest absolute Gasteiger partial charge is 0.335 e. The number of thioether (sulfide) groups is 1. The van der Waals surface area contributed by atoms with Crippen LogP contribution in [0.2, 0.25) is 10.0 Å². The minimum atomic E-state index is -3.90. The maximum atomic E-state index is 13.5. The Morgan fingerprint density at radius 3 is 2.41 bits per heavy atom. The number of methoxy groups -OCH3 is 2. The van der Waals surface area contributed by atoms with Crippen molar-refractivity contribution in [2.45, 2.75) is 22.8 Å². The van der Waals surface area contributed by atoms with E-state index in [1.807, 2.05) is 0 Å². The van der Waals surface area contributed by atoms with Gasteiger partial charge in [0, 0.05) is 31.1 Å². The van der Waals surface area contributed by atoms with Crippen LogP contribution in [0.3, 0.4) is 0 Å². The highest BCUT2D eigenvalue weighted by Gasteiger charge is 2.42. The third kappa shape index (κ3) is 5.99. The molecular formula is C25H24Cl2N2O6S2. The number of benzene rings is 2. The zero-order valence-electron chi connectivity index (χ0n) is 20.0. The van der Waals surface area contributed by atoms with Crippen LogP contribution >= 0.6 is 35.0 Å². The van der Waals surface area contributed by atoms with Crippen LogP contribution in [0, 0.1) is 0 Å². The molecule has 0 amide bonds. The summed E-state index contributed by atoms with van der Waals surface area (Å²) in [6.07, 6.45) is 2.19. The Morgan fingerprint density at radius 1 is 1.08 bits per heavy atom. The van der Waals surface area contributed by atoms with Crippen LogP contribution in [0.5, 0.6) is 11.5 Å². The van der Waals surface area contributed by atoms with E-state index >= 15 is 0 Å². The van der Waals surface area contributed by atoms with Gasteiger partial charge >= 0.3 is 5.97 Å². The van der Waals surface area contributed by atoms with Crippen molar-refractivity contribution in [1.82, 2.24) is 9.29 Å². The number of sulfonamides is 1. The molecule has 1 aliphatic heterocycles. The molecule has 1 saturated heterocycles. The second kappa shape index (κ2) is 11.9. The summed E-state index contributed by atoms with van der Waals surface area (Å²) in [6, 6.07) is 13.1. The standard InChI is InChI=1S/C25H24Cl2N2O6S2/c1-33-21-9-8-16(12-23(21)34-2)22(13-18-19(26)14-28-15-20(18)27)35-25(30)24-29(10-11-36-24)37(31,32)17-6-4-3-5-7-17/h3-9,12,14-15,22,24H,10-11,13H2,1-2H3. The highest BCUT2D eigenvalue weighted by atomic mass is 35.5. The number of nitrogens with zero attached hydrogens (tertiary/aromatic N) is 2. The number of halogens is 2. The lowest BCUT2D eigenvalue weighted by molar-refractivity contribution is -0.150. The molecule has 1 aromatic heterocycles. The fraction of sp³-hybridized carbons (Fsp3) is 0.280. The molecule has 196 valence electrons. The predicted octanol–water partition coefficient (Wildman–Crippen LogP) is 5.00. The second-order valence-electron chi connectivity index (χ2n) is 7.98. The molecule has 2 unspecified atom stereocenters. The van der Waals surface area contributed by atoms with E-state index in [1.54, 1.807) is 36.4 Å². The fourth-order valence-electron chi connectivity index (χ4n) is 3.91. The molecule has 2 aromatic carbocycles. The molecule has 0 saturated carbocycles. The van der Waals surface area contributed by atoms with Gasteiger partial charge in [-0.1, -0.05) is 47.5 Å². The van der Waals surface area contributed by atoms with Gasteiger partial charge in [0.2, 0.25) is 10.0 Å². The summed E-state index contributed by atoms with van der Waals surface area (Å²) < 4.78 is 44.4. The van der Waals surface area contributed by atoms with Crippen LogP contribution in [0.1, 0.15) is 17.2 Å². The Labute approximate surface area is 229 Å². The van der Waals surface area contributed by atoms with E-state index < -0.39 is 27.5 Å². The van der Waals surface area contributed by atoms with Gasteiger partial charge in [0.15, 0.2) is 16.9 Å². The maximum Gasteiger partial charge on any atom is 0.335 e. The molecule has 0 spiro atoms. The van der Waals surface area contributed by atoms with Gasteiger partial charge in [-0.15, -0.1) is 11.8 Å². The Kier molecular flexibility index (Phi) is 8.86. The van der Waals surface area contributed by atoms with E-state index in [2.05, 4.69) is 4.98 Å².